The number of nitrogens with two attached hydrogens (primary N) is 1. The van der Waals surface area contributed by atoms with Gasteiger partial charge in [-0.1, -0.05) is 0 Å². The molecule has 0 spiro atoms. The number of anilines is 2. The highest BCUT2D eigenvalue weighted by atomic mass is 16.5. The van der Waals surface area contributed by atoms with E-state index in [2.05, 4.69) is 9.80 Å². The molecule has 1 aromatic rings. The molecule has 1 saturated carbocycles. The van der Waals surface area contributed by atoms with Crippen molar-refractivity contribution in [1.29, 1.82) is 0 Å². The summed E-state index contributed by atoms with van der Waals surface area (Å²) in [7, 11) is 1.70. The van der Waals surface area contributed by atoms with E-state index in [4.69, 9.17) is 10.5 Å². The minimum Gasteiger partial charge on any atom is -0.497 e. The Labute approximate surface area is 115 Å². The van der Waals surface area contributed by atoms with Crippen molar-refractivity contribution in [1.82, 2.24) is 4.90 Å². The molecule has 104 valence electrons. The monoisotopic (exact) mass is 261 g/mol. The molecule has 19 heavy (non-hydrogen) atoms. The lowest BCUT2D eigenvalue weighted by molar-refractivity contribution is 0.248. The molecule has 1 aromatic carbocycles. The number of ether oxygens (including phenoxy) is 1. The smallest absolute Gasteiger partial charge is 0.121 e. The van der Waals surface area contributed by atoms with Crippen molar-refractivity contribution < 1.29 is 4.74 Å². The topological polar surface area (TPSA) is 41.7 Å². The summed E-state index contributed by atoms with van der Waals surface area (Å²) in [4.78, 5) is 4.96. The number of piperazine rings is 1. The minimum atomic E-state index is 0.844. The fourth-order valence-corrected chi connectivity index (χ4v) is 2.76. The lowest BCUT2D eigenvalue weighted by atomic mass is 10.2. The highest BCUT2D eigenvalue weighted by Gasteiger charge is 2.26. The summed E-state index contributed by atoms with van der Waals surface area (Å²) in [5.74, 6) is 1.86. The average molecular weight is 261 g/mol. The second-order valence-corrected chi connectivity index (χ2v) is 5.66. The van der Waals surface area contributed by atoms with Gasteiger partial charge in [0.1, 0.15) is 5.75 Å². The van der Waals surface area contributed by atoms with Crippen LogP contribution < -0.4 is 15.4 Å². The van der Waals surface area contributed by atoms with Gasteiger partial charge in [0, 0.05) is 38.8 Å². The third-order valence-electron chi connectivity index (χ3n) is 4.16. The van der Waals surface area contributed by atoms with Gasteiger partial charge < -0.3 is 15.4 Å². The first kappa shape index (κ1) is 12.6. The molecule has 0 amide bonds. The summed E-state index contributed by atoms with van der Waals surface area (Å²) in [6.45, 7) is 5.70. The number of nitrogens with zero attached hydrogens (tertiary/aromatic N) is 2. The van der Waals surface area contributed by atoms with Gasteiger partial charge in [-0.05, 0) is 30.9 Å². The van der Waals surface area contributed by atoms with Crippen LogP contribution in [0.1, 0.15) is 12.8 Å². The summed E-state index contributed by atoms with van der Waals surface area (Å²) in [5, 5.41) is 0. The Kier molecular flexibility index (Phi) is 3.51. The molecule has 2 N–H and O–H groups in total. The van der Waals surface area contributed by atoms with Crippen LogP contribution in [0.25, 0.3) is 0 Å². The van der Waals surface area contributed by atoms with E-state index in [0.717, 1.165) is 49.2 Å². The normalized spacial score (nSPS) is 20.6. The summed E-state index contributed by atoms with van der Waals surface area (Å²) in [5.41, 5.74) is 8.05. The molecular weight excluding hydrogens is 238 g/mol. The Bertz CT molecular complexity index is 437. The standard InChI is InChI=1S/C15H23N3O/c1-19-13-4-5-14(16)15(10-13)18-8-6-17(7-9-18)11-12-2-3-12/h4-5,10,12H,2-3,6-9,11,16H2,1H3. The molecule has 1 aliphatic heterocycles. The number of nitrogen functional groups attached to an aromatic ring is 1. The predicted molar refractivity (Wildman–Crippen MR) is 78.8 cm³/mol. The Morgan fingerprint density at radius 3 is 2.58 bits per heavy atom. The van der Waals surface area contributed by atoms with E-state index < -0.39 is 0 Å². The van der Waals surface area contributed by atoms with Gasteiger partial charge in [0.25, 0.3) is 0 Å². The molecule has 0 radical (unpaired) electrons. The molecule has 0 atom stereocenters. The van der Waals surface area contributed by atoms with Crippen molar-refractivity contribution >= 4 is 11.4 Å². The quantitative estimate of drug-likeness (QED) is 0.839. The lowest BCUT2D eigenvalue weighted by Crippen LogP contribution is -2.47. The van der Waals surface area contributed by atoms with E-state index in [0.29, 0.717) is 0 Å². The summed E-state index contributed by atoms with van der Waals surface area (Å²) < 4.78 is 5.29. The van der Waals surface area contributed by atoms with E-state index in [1.807, 2.05) is 18.2 Å². The number of hydrogen-bond acceptors (Lipinski definition) is 4. The Balaban J connectivity index is 1.63. The summed E-state index contributed by atoms with van der Waals surface area (Å²) in [6.07, 6.45) is 2.87. The number of rotatable bonds is 4. The van der Waals surface area contributed by atoms with Gasteiger partial charge >= 0.3 is 0 Å². The Morgan fingerprint density at radius 1 is 1.21 bits per heavy atom. The summed E-state index contributed by atoms with van der Waals surface area (Å²) in [6, 6.07) is 5.90. The van der Waals surface area contributed by atoms with E-state index in [1.54, 1.807) is 7.11 Å². The van der Waals surface area contributed by atoms with Crippen LogP contribution in [-0.4, -0.2) is 44.7 Å². The predicted octanol–water partition coefficient (Wildman–Crippen LogP) is 1.81. The molecule has 1 saturated heterocycles. The molecule has 2 fully saturated rings. The third kappa shape index (κ3) is 2.95. The minimum absolute atomic E-state index is 0.844. The van der Waals surface area contributed by atoms with Gasteiger partial charge in [-0.15, -0.1) is 0 Å². The van der Waals surface area contributed by atoms with Crippen LogP contribution in [0.3, 0.4) is 0 Å². The van der Waals surface area contributed by atoms with Crippen molar-refractivity contribution in [3.8, 4) is 5.75 Å². The van der Waals surface area contributed by atoms with Crippen LogP contribution >= 0.6 is 0 Å². The second kappa shape index (κ2) is 5.29. The molecule has 1 aliphatic carbocycles. The number of hydrogen-bond donors (Lipinski definition) is 1. The van der Waals surface area contributed by atoms with E-state index >= 15 is 0 Å². The summed E-state index contributed by atoms with van der Waals surface area (Å²) >= 11 is 0. The SMILES string of the molecule is COc1ccc(N)c(N2CCN(CC3CC3)CC2)c1. The first-order chi connectivity index (χ1) is 9.26. The van der Waals surface area contributed by atoms with Crippen LogP contribution in [0.15, 0.2) is 18.2 Å². The molecule has 1 heterocycles. The maximum absolute atomic E-state index is 6.09. The Hall–Kier alpha value is -1.42. The molecule has 4 nitrogen and oxygen atoms in total. The van der Waals surface area contributed by atoms with Crippen LogP contribution in [0.4, 0.5) is 11.4 Å². The van der Waals surface area contributed by atoms with Gasteiger partial charge in [-0.3, -0.25) is 4.90 Å². The van der Waals surface area contributed by atoms with Crippen LogP contribution in [0, 0.1) is 5.92 Å². The maximum atomic E-state index is 6.09. The van der Waals surface area contributed by atoms with Gasteiger partial charge in [0.05, 0.1) is 18.5 Å². The van der Waals surface area contributed by atoms with E-state index in [9.17, 15) is 0 Å². The zero-order valence-electron chi connectivity index (χ0n) is 11.6. The Morgan fingerprint density at radius 2 is 1.95 bits per heavy atom. The van der Waals surface area contributed by atoms with E-state index in [-0.39, 0.29) is 0 Å². The van der Waals surface area contributed by atoms with Crippen molar-refractivity contribution in [2.24, 2.45) is 5.92 Å². The average Bonchev–Trinajstić information content (AvgIpc) is 3.24. The second-order valence-electron chi connectivity index (χ2n) is 5.66. The van der Waals surface area contributed by atoms with Gasteiger partial charge in [0.15, 0.2) is 0 Å². The van der Waals surface area contributed by atoms with Crippen LogP contribution in [0.2, 0.25) is 0 Å². The first-order valence-corrected chi connectivity index (χ1v) is 7.17. The fourth-order valence-electron chi connectivity index (χ4n) is 2.76. The third-order valence-corrected chi connectivity index (χ3v) is 4.16. The molecule has 4 heteroatoms. The molecule has 2 aliphatic rings. The van der Waals surface area contributed by atoms with Crippen molar-refractivity contribution in [2.75, 3.05) is 50.5 Å². The zero-order valence-corrected chi connectivity index (χ0v) is 11.6. The highest BCUT2D eigenvalue weighted by Crippen LogP contribution is 2.31. The molecule has 3 rings (SSSR count). The molecular formula is C15H23N3O. The maximum Gasteiger partial charge on any atom is 0.121 e. The highest BCUT2D eigenvalue weighted by molar-refractivity contribution is 5.69. The van der Waals surface area contributed by atoms with Crippen LogP contribution in [0.5, 0.6) is 5.75 Å². The fraction of sp³-hybridized carbons (Fsp3) is 0.600. The van der Waals surface area contributed by atoms with Gasteiger partial charge in [0.2, 0.25) is 0 Å². The number of methoxy groups -OCH3 is 1. The van der Waals surface area contributed by atoms with Gasteiger partial charge in [-0.2, -0.15) is 0 Å². The first-order valence-electron chi connectivity index (χ1n) is 7.17. The molecule has 0 bridgehead atoms. The van der Waals surface area contributed by atoms with Crippen molar-refractivity contribution in [2.45, 2.75) is 12.8 Å². The molecule has 0 aromatic heterocycles. The molecule has 0 unspecified atom stereocenters. The van der Waals surface area contributed by atoms with Crippen LogP contribution in [-0.2, 0) is 0 Å². The lowest BCUT2D eigenvalue weighted by Gasteiger charge is -2.36. The zero-order chi connectivity index (χ0) is 13.2. The largest absolute Gasteiger partial charge is 0.497 e. The van der Waals surface area contributed by atoms with E-state index in [1.165, 1.54) is 19.4 Å². The van der Waals surface area contributed by atoms with Crippen molar-refractivity contribution in [3.05, 3.63) is 18.2 Å². The van der Waals surface area contributed by atoms with Gasteiger partial charge in [-0.25, -0.2) is 0 Å². The van der Waals surface area contributed by atoms with Crippen molar-refractivity contribution in [3.63, 3.8) is 0 Å². The number of benzene rings is 1.